The minimum Gasteiger partial charge on any atom is -0.254 e. The predicted molar refractivity (Wildman–Crippen MR) is 87.4 cm³/mol. The van der Waals surface area contributed by atoms with E-state index in [0.717, 1.165) is 15.4 Å². The van der Waals surface area contributed by atoms with Crippen LogP contribution in [-0.2, 0) is 10.8 Å². The zero-order chi connectivity index (χ0) is 14.5. The lowest BCUT2D eigenvalue weighted by Crippen LogP contribution is -1.89. The molecule has 0 heterocycles. The molecule has 0 bridgehead atoms. The van der Waals surface area contributed by atoms with Crippen LogP contribution in [0.15, 0.2) is 52.8 Å². The maximum atomic E-state index is 14.2. The Morgan fingerprint density at radius 2 is 1.90 bits per heavy atom. The van der Waals surface area contributed by atoms with E-state index in [2.05, 4.69) is 0 Å². The molecule has 0 aliphatic rings. The highest BCUT2D eigenvalue weighted by molar-refractivity contribution is 8.16. The predicted octanol–water partition coefficient (Wildman–Crippen LogP) is 4.53. The molecule has 0 aromatic heterocycles. The Kier molecular flexibility index (Phi) is 5.15. The van der Waals surface area contributed by atoms with Gasteiger partial charge in [0.25, 0.3) is 0 Å². The van der Waals surface area contributed by atoms with Gasteiger partial charge in [0, 0.05) is 11.8 Å². The molecule has 0 N–H and O–H groups in total. The second-order valence-corrected chi connectivity index (χ2v) is 6.68. The lowest BCUT2D eigenvalue weighted by Gasteiger charge is -2.05. The highest BCUT2D eigenvalue weighted by Gasteiger charge is 2.06. The molecule has 20 heavy (non-hydrogen) atoms. The third-order valence-electron chi connectivity index (χ3n) is 2.85. The summed E-state index contributed by atoms with van der Waals surface area (Å²) in [5, 5.41) is 0. The molecule has 1 nitrogen and oxygen atoms in total. The average Bonchev–Trinajstić information content (AvgIpc) is 2.45. The van der Waals surface area contributed by atoms with E-state index < -0.39 is 10.8 Å². The molecule has 0 aliphatic heterocycles. The molecule has 4 heteroatoms. The van der Waals surface area contributed by atoms with Crippen molar-refractivity contribution in [2.24, 2.45) is 0 Å². The van der Waals surface area contributed by atoms with Crippen LogP contribution in [0.2, 0.25) is 0 Å². The van der Waals surface area contributed by atoms with Gasteiger partial charge in [-0.3, -0.25) is 4.21 Å². The zero-order valence-electron chi connectivity index (χ0n) is 11.3. The second kappa shape index (κ2) is 6.86. The topological polar surface area (TPSA) is 17.1 Å². The Balaban J connectivity index is 2.38. The van der Waals surface area contributed by atoms with Crippen LogP contribution in [0.5, 0.6) is 0 Å². The van der Waals surface area contributed by atoms with Crippen molar-refractivity contribution >= 4 is 28.6 Å². The van der Waals surface area contributed by atoms with Gasteiger partial charge in [-0.2, -0.15) is 0 Å². The molecule has 0 saturated carbocycles. The molecular formula is C16H15FOS2. The molecule has 2 rings (SSSR count). The van der Waals surface area contributed by atoms with Crippen molar-refractivity contribution in [2.75, 3.05) is 12.5 Å². The van der Waals surface area contributed by atoms with Crippen LogP contribution in [0.1, 0.15) is 5.56 Å². The highest BCUT2D eigenvalue weighted by Crippen LogP contribution is 2.25. The van der Waals surface area contributed by atoms with Gasteiger partial charge in [-0.1, -0.05) is 42.5 Å². The minimum atomic E-state index is -1.05. The standard InChI is InChI=1S/C16H15FOS2/c1-19-16(20(2)18)11-12-8-9-14(15(17)10-12)13-6-4-3-5-7-13/h3-11H,1-2H3/b16-11+. The Morgan fingerprint density at radius 3 is 2.45 bits per heavy atom. The summed E-state index contributed by atoms with van der Waals surface area (Å²) in [7, 11) is -1.05. The first-order valence-electron chi connectivity index (χ1n) is 6.06. The summed E-state index contributed by atoms with van der Waals surface area (Å²) in [4.78, 5) is 0. The van der Waals surface area contributed by atoms with E-state index in [1.807, 2.05) is 42.7 Å². The Hall–Kier alpha value is -1.39. The van der Waals surface area contributed by atoms with E-state index >= 15 is 0 Å². The van der Waals surface area contributed by atoms with Crippen LogP contribution in [0.25, 0.3) is 17.2 Å². The summed E-state index contributed by atoms with van der Waals surface area (Å²) in [6.45, 7) is 0. The smallest absolute Gasteiger partial charge is 0.131 e. The van der Waals surface area contributed by atoms with Crippen molar-refractivity contribution < 1.29 is 8.60 Å². The monoisotopic (exact) mass is 306 g/mol. The van der Waals surface area contributed by atoms with Crippen molar-refractivity contribution in [3.63, 3.8) is 0 Å². The first-order chi connectivity index (χ1) is 9.61. The Bertz CT molecular complexity index is 651. The van der Waals surface area contributed by atoms with Crippen molar-refractivity contribution in [2.45, 2.75) is 0 Å². The van der Waals surface area contributed by atoms with E-state index in [0.29, 0.717) is 5.56 Å². The minimum absolute atomic E-state index is 0.271. The Morgan fingerprint density at radius 1 is 1.20 bits per heavy atom. The Labute approximate surface area is 125 Å². The van der Waals surface area contributed by atoms with Crippen LogP contribution in [0.3, 0.4) is 0 Å². The van der Waals surface area contributed by atoms with Crippen molar-refractivity contribution in [1.82, 2.24) is 0 Å². The summed E-state index contributed by atoms with van der Waals surface area (Å²) in [5.74, 6) is -0.271. The molecular weight excluding hydrogens is 291 g/mol. The van der Waals surface area contributed by atoms with Gasteiger partial charge in [-0.05, 0) is 29.5 Å². The fourth-order valence-electron chi connectivity index (χ4n) is 1.87. The van der Waals surface area contributed by atoms with E-state index in [9.17, 15) is 8.60 Å². The fourth-order valence-corrected chi connectivity index (χ4v) is 3.36. The summed E-state index contributed by atoms with van der Waals surface area (Å²) in [5.41, 5.74) is 2.15. The number of hydrogen-bond donors (Lipinski definition) is 0. The molecule has 0 aliphatic carbocycles. The van der Waals surface area contributed by atoms with Gasteiger partial charge < -0.3 is 0 Å². The lowest BCUT2D eigenvalue weighted by atomic mass is 10.0. The maximum absolute atomic E-state index is 14.2. The van der Waals surface area contributed by atoms with E-state index in [4.69, 9.17) is 0 Å². The molecule has 0 spiro atoms. The van der Waals surface area contributed by atoms with Gasteiger partial charge in [-0.25, -0.2) is 4.39 Å². The lowest BCUT2D eigenvalue weighted by molar-refractivity contribution is 0.631. The number of halogens is 1. The highest BCUT2D eigenvalue weighted by atomic mass is 32.2. The first kappa shape index (κ1) is 15.0. The van der Waals surface area contributed by atoms with Crippen molar-refractivity contribution in [3.05, 3.63) is 64.1 Å². The molecule has 0 amide bonds. The quantitative estimate of drug-likeness (QED) is 0.825. The van der Waals surface area contributed by atoms with Crippen LogP contribution in [-0.4, -0.2) is 16.7 Å². The number of benzene rings is 2. The summed E-state index contributed by atoms with van der Waals surface area (Å²) in [6.07, 6.45) is 5.25. The van der Waals surface area contributed by atoms with Crippen molar-refractivity contribution in [3.8, 4) is 11.1 Å². The van der Waals surface area contributed by atoms with E-state index in [1.165, 1.54) is 17.8 Å². The van der Waals surface area contributed by atoms with Gasteiger partial charge in [-0.15, -0.1) is 11.8 Å². The summed E-state index contributed by atoms with van der Waals surface area (Å²) < 4.78 is 26.4. The number of rotatable bonds is 4. The normalized spacial score (nSPS) is 13.2. The SMILES string of the molecule is CS/C(=C\c1ccc(-c2ccccc2)c(F)c1)S(C)=O. The first-order valence-corrected chi connectivity index (χ1v) is 8.84. The molecule has 1 unspecified atom stereocenters. The third-order valence-corrected chi connectivity index (χ3v) is 5.26. The number of hydrogen-bond acceptors (Lipinski definition) is 2. The molecule has 0 saturated heterocycles. The second-order valence-electron chi connectivity index (χ2n) is 4.23. The zero-order valence-corrected chi connectivity index (χ0v) is 12.9. The summed E-state index contributed by atoms with van der Waals surface area (Å²) >= 11 is 1.42. The average molecular weight is 306 g/mol. The van der Waals surface area contributed by atoms with Crippen LogP contribution >= 0.6 is 11.8 Å². The van der Waals surface area contributed by atoms with Crippen molar-refractivity contribution in [1.29, 1.82) is 0 Å². The third kappa shape index (κ3) is 3.58. The van der Waals surface area contributed by atoms with Gasteiger partial charge in [0.2, 0.25) is 0 Å². The number of thioether (sulfide) groups is 1. The van der Waals surface area contributed by atoms with Gasteiger partial charge in [0.15, 0.2) is 0 Å². The maximum Gasteiger partial charge on any atom is 0.131 e. The van der Waals surface area contributed by atoms with Gasteiger partial charge in [0.05, 0.1) is 15.0 Å². The molecule has 2 aromatic rings. The van der Waals surface area contributed by atoms with Gasteiger partial charge >= 0.3 is 0 Å². The fraction of sp³-hybridized carbons (Fsp3) is 0.125. The van der Waals surface area contributed by atoms with Gasteiger partial charge in [0.1, 0.15) is 5.82 Å². The molecule has 1 atom stereocenters. The van der Waals surface area contributed by atoms with Crippen LogP contribution < -0.4 is 0 Å². The molecule has 104 valence electrons. The van der Waals surface area contributed by atoms with Crippen LogP contribution in [0, 0.1) is 5.82 Å². The molecule has 0 fully saturated rings. The molecule has 2 aromatic carbocycles. The largest absolute Gasteiger partial charge is 0.254 e. The van der Waals surface area contributed by atoms with Crippen LogP contribution in [0.4, 0.5) is 4.39 Å². The van der Waals surface area contributed by atoms with E-state index in [1.54, 1.807) is 18.4 Å². The summed E-state index contributed by atoms with van der Waals surface area (Å²) in [6, 6.07) is 14.5. The molecule has 0 radical (unpaired) electrons. The van der Waals surface area contributed by atoms with E-state index in [-0.39, 0.29) is 5.82 Å².